The first-order valence-corrected chi connectivity index (χ1v) is 14.8. The Balaban J connectivity index is 1.56. The SMILES string of the molecule is CC(=O)N[C@H]1CC[C@H](C(=O)N2CCC(C(=O)N(C)Cc3cc(C(F)(F)F)cc(C(F)(F)F)c3)C(c3ccc(F)cc3C)C2)CC1. The fourth-order valence-electron chi connectivity index (χ4n) is 6.59. The first-order valence-electron chi connectivity index (χ1n) is 14.8. The van der Waals surface area contributed by atoms with Crippen LogP contribution in [0.1, 0.15) is 72.8 Å². The fourth-order valence-corrected chi connectivity index (χ4v) is 6.59. The highest BCUT2D eigenvalue weighted by Gasteiger charge is 2.41. The van der Waals surface area contributed by atoms with Crippen LogP contribution in [0.4, 0.5) is 30.7 Å². The smallest absolute Gasteiger partial charge is 0.354 e. The summed E-state index contributed by atoms with van der Waals surface area (Å²) >= 11 is 0. The molecule has 1 saturated carbocycles. The molecule has 0 radical (unpaired) electrons. The van der Waals surface area contributed by atoms with Crippen molar-refractivity contribution in [1.82, 2.24) is 15.1 Å². The molecule has 1 N–H and O–H groups in total. The standard InChI is InChI=1S/C32H36F7N3O3/c1-18-12-24(33)6-9-26(18)28-17-42(29(44)21-4-7-25(8-5-21)40-19(2)43)11-10-27(28)30(45)41(3)16-20-13-22(31(34,35)36)15-23(14-20)32(37,38)39/h6,9,12-15,21,25,27-28H,4-5,7-8,10-11,16-17H2,1-3H3,(H,40,43)/t21-,25-,27?,28?. The van der Waals surface area contributed by atoms with Crippen LogP contribution in [0.2, 0.25) is 0 Å². The second kappa shape index (κ2) is 13.4. The van der Waals surface area contributed by atoms with Gasteiger partial charge in [0.25, 0.3) is 0 Å². The number of likely N-dealkylation sites (tertiary alicyclic amines) is 1. The first kappa shape index (κ1) is 34.2. The molecule has 45 heavy (non-hydrogen) atoms. The maximum atomic E-state index is 14.0. The summed E-state index contributed by atoms with van der Waals surface area (Å²) in [6, 6.07) is 5.35. The number of nitrogens with one attached hydrogen (secondary N) is 1. The molecule has 3 amide bonds. The Labute approximate surface area is 256 Å². The van der Waals surface area contributed by atoms with Crippen molar-refractivity contribution in [2.24, 2.45) is 11.8 Å². The summed E-state index contributed by atoms with van der Waals surface area (Å²) in [6.07, 6.45) is -7.36. The highest BCUT2D eigenvalue weighted by molar-refractivity contribution is 5.82. The van der Waals surface area contributed by atoms with Crippen LogP contribution in [0.15, 0.2) is 36.4 Å². The van der Waals surface area contributed by atoms with E-state index in [4.69, 9.17) is 0 Å². The van der Waals surface area contributed by atoms with Crippen molar-refractivity contribution in [2.45, 2.75) is 76.8 Å². The Morgan fingerprint density at radius 2 is 1.51 bits per heavy atom. The number of aryl methyl sites for hydroxylation is 1. The van der Waals surface area contributed by atoms with Crippen LogP contribution >= 0.6 is 0 Å². The first-order chi connectivity index (χ1) is 20.9. The minimum absolute atomic E-state index is 0.00379. The molecule has 2 atom stereocenters. The Hall–Kier alpha value is -3.64. The molecular weight excluding hydrogens is 607 g/mol. The Kier molecular flexibility index (Phi) is 10.2. The van der Waals surface area contributed by atoms with Crippen LogP contribution in [0.25, 0.3) is 0 Å². The lowest BCUT2D eigenvalue weighted by molar-refractivity contribution is -0.144. The highest BCUT2D eigenvalue weighted by Crippen LogP contribution is 2.39. The quantitative estimate of drug-likeness (QED) is 0.368. The van der Waals surface area contributed by atoms with Crippen molar-refractivity contribution >= 4 is 17.7 Å². The van der Waals surface area contributed by atoms with E-state index < -0.39 is 53.6 Å². The average Bonchev–Trinajstić information content (AvgIpc) is 2.95. The number of hydrogen-bond donors (Lipinski definition) is 1. The molecule has 2 unspecified atom stereocenters. The van der Waals surface area contributed by atoms with Gasteiger partial charge in [-0.05, 0) is 86.1 Å². The van der Waals surface area contributed by atoms with E-state index in [1.54, 1.807) is 17.9 Å². The van der Waals surface area contributed by atoms with Crippen molar-refractivity contribution in [3.8, 4) is 0 Å². The van der Waals surface area contributed by atoms with E-state index >= 15 is 0 Å². The molecule has 2 aliphatic rings. The zero-order valence-corrected chi connectivity index (χ0v) is 25.2. The van der Waals surface area contributed by atoms with Crippen LogP contribution in [0, 0.1) is 24.6 Å². The van der Waals surface area contributed by atoms with Crippen molar-refractivity contribution < 1.29 is 45.1 Å². The number of piperidine rings is 1. The fraction of sp³-hybridized carbons (Fsp3) is 0.531. The number of rotatable bonds is 6. The molecule has 2 fully saturated rings. The summed E-state index contributed by atoms with van der Waals surface area (Å²) in [5.41, 5.74) is -2.08. The molecular formula is C32H36F7N3O3. The van der Waals surface area contributed by atoms with Crippen LogP contribution in [-0.2, 0) is 33.3 Å². The monoisotopic (exact) mass is 643 g/mol. The Morgan fingerprint density at radius 1 is 0.911 bits per heavy atom. The number of halogens is 7. The molecule has 13 heteroatoms. The van der Waals surface area contributed by atoms with Gasteiger partial charge in [-0.15, -0.1) is 0 Å². The zero-order chi connectivity index (χ0) is 33.3. The van der Waals surface area contributed by atoms with Crippen molar-refractivity contribution in [2.75, 3.05) is 20.1 Å². The van der Waals surface area contributed by atoms with Gasteiger partial charge in [0, 0.05) is 57.4 Å². The van der Waals surface area contributed by atoms with Gasteiger partial charge >= 0.3 is 12.4 Å². The van der Waals surface area contributed by atoms with Crippen LogP contribution < -0.4 is 5.32 Å². The van der Waals surface area contributed by atoms with Crippen molar-refractivity contribution in [3.63, 3.8) is 0 Å². The molecule has 1 aliphatic heterocycles. The molecule has 4 rings (SSSR count). The van der Waals surface area contributed by atoms with E-state index in [9.17, 15) is 45.1 Å². The van der Waals surface area contributed by atoms with Gasteiger partial charge in [0.2, 0.25) is 17.7 Å². The predicted molar refractivity (Wildman–Crippen MR) is 151 cm³/mol. The number of hydrogen-bond acceptors (Lipinski definition) is 3. The third-order valence-electron chi connectivity index (χ3n) is 8.80. The molecule has 6 nitrogen and oxygen atoms in total. The van der Waals surface area contributed by atoms with Gasteiger partial charge in [-0.2, -0.15) is 26.3 Å². The summed E-state index contributed by atoms with van der Waals surface area (Å²) in [7, 11) is 1.31. The van der Waals surface area contributed by atoms with Gasteiger partial charge in [0.1, 0.15) is 5.82 Å². The summed E-state index contributed by atoms with van der Waals surface area (Å²) in [5, 5.41) is 2.88. The van der Waals surface area contributed by atoms with E-state index in [0.29, 0.717) is 48.9 Å². The molecule has 2 aromatic carbocycles. The second-order valence-corrected chi connectivity index (χ2v) is 12.1. The van der Waals surface area contributed by atoms with E-state index in [0.717, 1.165) is 4.90 Å². The van der Waals surface area contributed by atoms with Crippen LogP contribution in [-0.4, -0.2) is 53.7 Å². The molecule has 246 valence electrons. The van der Waals surface area contributed by atoms with E-state index in [2.05, 4.69) is 5.32 Å². The molecule has 2 aromatic rings. The van der Waals surface area contributed by atoms with E-state index in [-0.39, 0.29) is 54.9 Å². The predicted octanol–water partition coefficient (Wildman–Crippen LogP) is 6.46. The topological polar surface area (TPSA) is 69.7 Å². The lowest BCUT2D eigenvalue weighted by Gasteiger charge is -2.42. The summed E-state index contributed by atoms with van der Waals surface area (Å²) < 4.78 is 94.5. The van der Waals surface area contributed by atoms with E-state index in [1.807, 2.05) is 0 Å². The van der Waals surface area contributed by atoms with Gasteiger partial charge in [0.15, 0.2) is 0 Å². The number of carbonyl (C=O) groups excluding carboxylic acids is 3. The summed E-state index contributed by atoms with van der Waals surface area (Å²) in [4.78, 5) is 41.6. The second-order valence-electron chi connectivity index (χ2n) is 12.1. The van der Waals surface area contributed by atoms with E-state index in [1.165, 1.54) is 26.1 Å². The Morgan fingerprint density at radius 3 is 2.04 bits per heavy atom. The van der Waals surface area contributed by atoms with Gasteiger partial charge < -0.3 is 15.1 Å². The van der Waals surface area contributed by atoms with Crippen molar-refractivity contribution in [3.05, 3.63) is 70.0 Å². The minimum Gasteiger partial charge on any atom is -0.354 e. The zero-order valence-electron chi connectivity index (χ0n) is 25.2. The third kappa shape index (κ3) is 8.35. The third-order valence-corrected chi connectivity index (χ3v) is 8.80. The molecule has 1 saturated heterocycles. The highest BCUT2D eigenvalue weighted by atomic mass is 19.4. The normalized spacial score (nSPS) is 22.6. The molecule has 0 bridgehead atoms. The number of amides is 3. The largest absolute Gasteiger partial charge is 0.416 e. The van der Waals surface area contributed by atoms with Crippen LogP contribution in [0.5, 0.6) is 0 Å². The van der Waals surface area contributed by atoms with Gasteiger partial charge in [-0.1, -0.05) is 6.07 Å². The van der Waals surface area contributed by atoms with Crippen LogP contribution in [0.3, 0.4) is 0 Å². The molecule has 0 aromatic heterocycles. The van der Waals surface area contributed by atoms with Gasteiger partial charge in [-0.3, -0.25) is 14.4 Å². The maximum Gasteiger partial charge on any atom is 0.416 e. The Bertz CT molecular complexity index is 1390. The van der Waals surface area contributed by atoms with Gasteiger partial charge in [-0.25, -0.2) is 4.39 Å². The summed E-state index contributed by atoms with van der Waals surface area (Å²) in [6.45, 7) is 2.99. The molecule has 1 heterocycles. The molecule has 1 aliphatic carbocycles. The number of carbonyl (C=O) groups is 3. The number of nitrogens with zero attached hydrogens (tertiary/aromatic N) is 2. The number of alkyl halides is 6. The minimum atomic E-state index is -5.02. The van der Waals surface area contributed by atoms with Crippen molar-refractivity contribution in [1.29, 1.82) is 0 Å². The lowest BCUT2D eigenvalue weighted by Crippen LogP contribution is -2.50. The number of benzene rings is 2. The molecule has 0 spiro atoms. The lowest BCUT2D eigenvalue weighted by atomic mass is 9.77. The summed E-state index contributed by atoms with van der Waals surface area (Å²) in [5.74, 6) is -2.80. The van der Waals surface area contributed by atoms with Gasteiger partial charge in [0.05, 0.1) is 11.1 Å². The average molecular weight is 644 g/mol. The maximum absolute atomic E-state index is 14.0.